The highest BCUT2D eigenvalue weighted by Gasteiger charge is 2.51. The molecule has 0 N–H and O–H groups in total. The maximum absolute atomic E-state index is 11.7. The fraction of sp³-hybridized carbons (Fsp3) is 0.923. The molecule has 0 aromatic carbocycles. The van der Waals surface area contributed by atoms with Gasteiger partial charge in [0.05, 0.1) is 0 Å². The highest BCUT2D eigenvalue weighted by Crippen LogP contribution is 2.42. The van der Waals surface area contributed by atoms with Crippen molar-refractivity contribution in [2.24, 2.45) is 5.92 Å². The lowest BCUT2D eigenvalue weighted by Crippen LogP contribution is -2.47. The summed E-state index contributed by atoms with van der Waals surface area (Å²) in [6, 6.07) is 0. The van der Waals surface area contributed by atoms with E-state index in [9.17, 15) is 14.9 Å². The second-order valence-corrected chi connectivity index (χ2v) is 5.61. The van der Waals surface area contributed by atoms with E-state index in [1.807, 2.05) is 0 Å². The summed E-state index contributed by atoms with van der Waals surface area (Å²) in [5.74, 6) is 0.229. The van der Waals surface area contributed by atoms with Crippen LogP contribution in [0.3, 0.4) is 0 Å². The molecular weight excluding hydrogens is 218 g/mol. The molecule has 2 aliphatic rings. The Morgan fingerprint density at radius 1 is 1.12 bits per heavy atom. The van der Waals surface area contributed by atoms with E-state index in [0.717, 1.165) is 38.5 Å². The minimum absolute atomic E-state index is 0.00667. The zero-order valence-electron chi connectivity index (χ0n) is 10.3. The van der Waals surface area contributed by atoms with Crippen molar-refractivity contribution in [2.45, 2.75) is 69.7 Å². The number of rotatable bonds is 2. The van der Waals surface area contributed by atoms with Crippen LogP contribution >= 0.6 is 0 Å². The zero-order chi connectivity index (χ0) is 12.3. The minimum Gasteiger partial charge on any atom is -0.300 e. The quantitative estimate of drug-likeness (QED) is 0.422. The van der Waals surface area contributed by atoms with Crippen molar-refractivity contribution in [1.29, 1.82) is 0 Å². The number of hydrogen-bond donors (Lipinski definition) is 0. The van der Waals surface area contributed by atoms with E-state index in [1.54, 1.807) is 0 Å². The van der Waals surface area contributed by atoms with Crippen molar-refractivity contribution in [1.82, 2.24) is 0 Å². The molecule has 0 radical (unpaired) electrons. The lowest BCUT2D eigenvalue weighted by Gasteiger charge is -2.35. The van der Waals surface area contributed by atoms with Gasteiger partial charge in [0.15, 0.2) is 0 Å². The van der Waals surface area contributed by atoms with Gasteiger partial charge in [0, 0.05) is 36.5 Å². The monoisotopic (exact) mass is 239 g/mol. The first-order valence-corrected chi connectivity index (χ1v) is 6.81. The fourth-order valence-electron chi connectivity index (χ4n) is 3.55. The molecule has 0 spiro atoms. The molecule has 96 valence electrons. The third-order valence-electron chi connectivity index (χ3n) is 4.58. The van der Waals surface area contributed by atoms with Gasteiger partial charge in [0.2, 0.25) is 5.54 Å². The predicted octanol–water partition coefficient (Wildman–Crippen LogP) is 3.12. The predicted molar refractivity (Wildman–Crippen MR) is 64.4 cm³/mol. The summed E-state index contributed by atoms with van der Waals surface area (Å²) >= 11 is 0. The lowest BCUT2D eigenvalue weighted by atomic mass is 9.70. The number of nitrogens with zero attached hydrogens (tertiary/aromatic N) is 1. The number of nitro groups is 1. The van der Waals surface area contributed by atoms with Crippen LogP contribution < -0.4 is 0 Å². The molecule has 1 atom stereocenters. The van der Waals surface area contributed by atoms with Gasteiger partial charge in [-0.05, 0) is 25.7 Å². The topological polar surface area (TPSA) is 60.2 Å². The van der Waals surface area contributed by atoms with E-state index in [2.05, 4.69) is 0 Å². The largest absolute Gasteiger partial charge is 0.300 e. The van der Waals surface area contributed by atoms with Gasteiger partial charge in [-0.15, -0.1) is 0 Å². The summed E-state index contributed by atoms with van der Waals surface area (Å²) in [5.41, 5.74) is -0.780. The van der Waals surface area contributed by atoms with Crippen molar-refractivity contribution in [3.63, 3.8) is 0 Å². The van der Waals surface area contributed by atoms with Gasteiger partial charge in [-0.2, -0.15) is 0 Å². The molecule has 0 heterocycles. The lowest BCUT2D eigenvalue weighted by molar-refractivity contribution is -0.586. The normalized spacial score (nSPS) is 29.6. The molecule has 0 unspecified atom stereocenters. The highest BCUT2D eigenvalue weighted by molar-refractivity contribution is 5.78. The molecule has 2 fully saturated rings. The van der Waals surface area contributed by atoms with Gasteiger partial charge in [0.1, 0.15) is 5.78 Å². The van der Waals surface area contributed by atoms with E-state index < -0.39 is 5.54 Å². The van der Waals surface area contributed by atoms with Crippen molar-refractivity contribution >= 4 is 5.78 Å². The van der Waals surface area contributed by atoms with E-state index in [1.165, 1.54) is 0 Å². The molecule has 0 aromatic rings. The molecule has 4 heteroatoms. The Hall–Kier alpha value is -0.930. The molecule has 0 amide bonds. The smallest absolute Gasteiger partial charge is 0.225 e. The van der Waals surface area contributed by atoms with Crippen LogP contribution in [0.4, 0.5) is 0 Å². The van der Waals surface area contributed by atoms with Crippen molar-refractivity contribution in [3.8, 4) is 0 Å². The summed E-state index contributed by atoms with van der Waals surface area (Å²) < 4.78 is 0. The third kappa shape index (κ3) is 2.50. The van der Waals surface area contributed by atoms with Crippen molar-refractivity contribution in [3.05, 3.63) is 10.1 Å². The van der Waals surface area contributed by atoms with Crippen LogP contribution in [0.25, 0.3) is 0 Å². The Labute approximate surface area is 102 Å². The maximum Gasteiger partial charge on any atom is 0.225 e. The average molecular weight is 239 g/mol. The molecule has 0 aliphatic heterocycles. The molecule has 0 bridgehead atoms. The van der Waals surface area contributed by atoms with E-state index in [-0.39, 0.29) is 16.6 Å². The molecule has 0 saturated heterocycles. The summed E-state index contributed by atoms with van der Waals surface area (Å²) in [7, 11) is 0. The van der Waals surface area contributed by atoms with Crippen LogP contribution in [-0.2, 0) is 4.79 Å². The van der Waals surface area contributed by atoms with Gasteiger partial charge in [0.25, 0.3) is 0 Å². The summed E-state index contributed by atoms with van der Waals surface area (Å²) in [4.78, 5) is 23.1. The van der Waals surface area contributed by atoms with Crippen molar-refractivity contribution in [2.75, 3.05) is 0 Å². The van der Waals surface area contributed by atoms with Crippen LogP contribution in [0.2, 0.25) is 0 Å². The third-order valence-corrected chi connectivity index (χ3v) is 4.58. The second-order valence-electron chi connectivity index (χ2n) is 5.61. The maximum atomic E-state index is 11.7. The SMILES string of the molecule is O=C1CCCC[C@@H](C2([N+](=O)[O-])CCCCC2)C1. The molecule has 0 aromatic heterocycles. The summed E-state index contributed by atoms with van der Waals surface area (Å²) in [5, 5.41) is 11.5. The molecule has 2 saturated carbocycles. The zero-order valence-corrected chi connectivity index (χ0v) is 10.3. The van der Waals surface area contributed by atoms with Crippen LogP contribution in [0.1, 0.15) is 64.2 Å². The Morgan fingerprint density at radius 3 is 2.47 bits per heavy atom. The Kier molecular flexibility index (Phi) is 3.79. The first-order chi connectivity index (χ1) is 8.15. The Bertz CT molecular complexity index is 308. The van der Waals surface area contributed by atoms with E-state index in [0.29, 0.717) is 25.7 Å². The van der Waals surface area contributed by atoms with E-state index in [4.69, 9.17) is 0 Å². The number of Topliss-reactive ketones (excluding diaryl/α,β-unsaturated/α-hetero) is 1. The summed E-state index contributed by atoms with van der Waals surface area (Å²) in [6.07, 6.45) is 8.20. The number of carbonyl (C=O) groups is 1. The van der Waals surface area contributed by atoms with Gasteiger partial charge < -0.3 is 0 Å². The first kappa shape index (κ1) is 12.5. The standard InChI is InChI=1S/C13H21NO3/c15-12-7-3-2-6-11(10-12)13(14(16)17)8-4-1-5-9-13/h11H,1-10H2/t11-/m1/s1. The Balaban J connectivity index is 2.19. The molecule has 4 nitrogen and oxygen atoms in total. The number of hydrogen-bond acceptors (Lipinski definition) is 3. The molecule has 17 heavy (non-hydrogen) atoms. The Morgan fingerprint density at radius 2 is 1.82 bits per heavy atom. The number of ketones is 1. The fourth-order valence-corrected chi connectivity index (χ4v) is 3.55. The van der Waals surface area contributed by atoms with E-state index >= 15 is 0 Å². The van der Waals surface area contributed by atoms with Crippen LogP contribution in [0.15, 0.2) is 0 Å². The van der Waals surface area contributed by atoms with Crippen LogP contribution in [-0.4, -0.2) is 16.2 Å². The number of carbonyl (C=O) groups excluding carboxylic acids is 1. The molecular formula is C13H21NO3. The minimum atomic E-state index is -0.780. The van der Waals surface area contributed by atoms with Crippen molar-refractivity contribution < 1.29 is 9.72 Å². The summed E-state index contributed by atoms with van der Waals surface area (Å²) in [6.45, 7) is 0. The molecule has 2 rings (SSSR count). The van der Waals surface area contributed by atoms with Crippen LogP contribution in [0, 0.1) is 16.0 Å². The average Bonchev–Trinajstić information content (AvgIpc) is 2.55. The highest BCUT2D eigenvalue weighted by atomic mass is 16.6. The molecule has 2 aliphatic carbocycles. The first-order valence-electron chi connectivity index (χ1n) is 6.81. The second kappa shape index (κ2) is 5.15. The van der Waals surface area contributed by atoms with Gasteiger partial charge in [-0.3, -0.25) is 14.9 Å². The van der Waals surface area contributed by atoms with Gasteiger partial charge in [-0.25, -0.2) is 0 Å². The van der Waals surface area contributed by atoms with Gasteiger partial charge in [-0.1, -0.05) is 12.8 Å². The van der Waals surface area contributed by atoms with Gasteiger partial charge >= 0.3 is 0 Å². The van der Waals surface area contributed by atoms with Crippen LogP contribution in [0.5, 0.6) is 0 Å².